The summed E-state index contributed by atoms with van der Waals surface area (Å²) in [6.07, 6.45) is 0.705. The first-order chi connectivity index (χ1) is 16.0. The Balaban J connectivity index is 1.67. The highest BCUT2D eigenvalue weighted by Gasteiger charge is 2.45. The summed E-state index contributed by atoms with van der Waals surface area (Å²) in [5.74, 6) is -0.979. The van der Waals surface area contributed by atoms with Crippen molar-refractivity contribution in [3.8, 4) is 5.75 Å². The van der Waals surface area contributed by atoms with Gasteiger partial charge in [0.2, 0.25) is 0 Å². The van der Waals surface area contributed by atoms with Gasteiger partial charge in [-0.3, -0.25) is 14.5 Å². The molecule has 0 spiro atoms. The summed E-state index contributed by atoms with van der Waals surface area (Å²) in [5.41, 5.74) is 1.20. The number of Topliss-reactive ketones (excluding diaryl/α,β-unsaturated/α-hetero) is 1. The average Bonchev–Trinajstić information content (AvgIpc) is 3.10. The predicted octanol–water partition coefficient (Wildman–Crippen LogP) is 3.49. The molecule has 1 atom stereocenters. The fourth-order valence-corrected chi connectivity index (χ4v) is 4.44. The summed E-state index contributed by atoms with van der Waals surface area (Å²) in [6.45, 7) is 4.32. The van der Waals surface area contributed by atoms with E-state index in [0.717, 1.165) is 25.2 Å². The van der Waals surface area contributed by atoms with Crippen molar-refractivity contribution in [3.63, 3.8) is 0 Å². The van der Waals surface area contributed by atoms with E-state index in [-0.39, 0.29) is 11.3 Å². The third kappa shape index (κ3) is 5.05. The number of ketones is 1. The molecule has 4 rings (SSSR count). The van der Waals surface area contributed by atoms with Crippen LogP contribution >= 0.6 is 11.6 Å². The molecule has 7 nitrogen and oxygen atoms in total. The zero-order valence-electron chi connectivity index (χ0n) is 18.5. The number of nitrogens with zero attached hydrogens (tertiary/aromatic N) is 2. The van der Waals surface area contributed by atoms with Gasteiger partial charge in [-0.25, -0.2) is 0 Å². The Kier molecular flexibility index (Phi) is 7.33. The summed E-state index contributed by atoms with van der Waals surface area (Å²) in [5, 5.41) is 11.7. The molecule has 2 aromatic carbocycles. The highest BCUT2D eigenvalue weighted by Crippen LogP contribution is 2.40. The maximum absolute atomic E-state index is 13.1. The first-order valence-electron chi connectivity index (χ1n) is 11.0. The molecule has 2 aliphatic rings. The molecule has 2 saturated heterocycles. The number of methoxy groups -OCH3 is 1. The number of likely N-dealkylation sites (tertiary alicyclic amines) is 1. The number of hydrogen-bond acceptors (Lipinski definition) is 6. The number of morpholine rings is 1. The van der Waals surface area contributed by atoms with Crippen molar-refractivity contribution < 1.29 is 24.2 Å². The van der Waals surface area contributed by atoms with Gasteiger partial charge in [0.1, 0.15) is 11.5 Å². The van der Waals surface area contributed by atoms with Gasteiger partial charge in [0.05, 0.1) is 31.9 Å². The van der Waals surface area contributed by atoms with Gasteiger partial charge in [0.15, 0.2) is 0 Å². The standard InChI is InChI=1S/C25H27ClN2O5/c1-32-20-5-2-4-18(16-20)23(29)21-22(17-6-8-19(26)9-7-17)28(25(31)24(21)30)11-3-10-27-12-14-33-15-13-27/h2,4-9,16,22,29H,3,10-15H2,1H3/t22-/m1/s1. The number of amides is 1. The van der Waals surface area contributed by atoms with E-state index in [0.29, 0.717) is 42.5 Å². The summed E-state index contributed by atoms with van der Waals surface area (Å²) < 4.78 is 10.6. The molecule has 1 N–H and O–H groups in total. The molecular formula is C25H27ClN2O5. The van der Waals surface area contributed by atoms with Gasteiger partial charge in [-0.1, -0.05) is 35.9 Å². The molecule has 8 heteroatoms. The van der Waals surface area contributed by atoms with Gasteiger partial charge in [-0.05, 0) is 36.2 Å². The first-order valence-corrected chi connectivity index (χ1v) is 11.4. The number of rotatable bonds is 7. The maximum Gasteiger partial charge on any atom is 0.295 e. The lowest BCUT2D eigenvalue weighted by molar-refractivity contribution is -0.140. The third-order valence-electron chi connectivity index (χ3n) is 6.05. The minimum Gasteiger partial charge on any atom is -0.507 e. The van der Waals surface area contributed by atoms with Crippen LogP contribution < -0.4 is 4.74 Å². The van der Waals surface area contributed by atoms with Gasteiger partial charge < -0.3 is 19.5 Å². The first kappa shape index (κ1) is 23.3. The van der Waals surface area contributed by atoms with Gasteiger partial charge in [0, 0.05) is 36.8 Å². The predicted molar refractivity (Wildman–Crippen MR) is 125 cm³/mol. The Labute approximate surface area is 198 Å². The minimum atomic E-state index is -0.696. The van der Waals surface area contributed by atoms with Crippen molar-refractivity contribution in [3.05, 3.63) is 70.3 Å². The second-order valence-electron chi connectivity index (χ2n) is 8.08. The van der Waals surface area contributed by atoms with Gasteiger partial charge in [-0.15, -0.1) is 0 Å². The van der Waals surface area contributed by atoms with Gasteiger partial charge >= 0.3 is 0 Å². The van der Waals surface area contributed by atoms with Crippen molar-refractivity contribution in [2.24, 2.45) is 0 Å². The van der Waals surface area contributed by atoms with Crippen LogP contribution in [0.15, 0.2) is 54.1 Å². The van der Waals surface area contributed by atoms with Crippen molar-refractivity contribution in [1.82, 2.24) is 9.80 Å². The zero-order chi connectivity index (χ0) is 23.4. The molecule has 2 aliphatic heterocycles. The van der Waals surface area contributed by atoms with E-state index in [2.05, 4.69) is 4.90 Å². The fourth-order valence-electron chi connectivity index (χ4n) is 4.32. The Bertz CT molecular complexity index is 1050. The van der Waals surface area contributed by atoms with Crippen molar-refractivity contribution >= 4 is 29.1 Å². The van der Waals surface area contributed by atoms with Crippen LogP contribution in [0.5, 0.6) is 5.75 Å². The quantitative estimate of drug-likeness (QED) is 0.379. The van der Waals surface area contributed by atoms with Crippen LogP contribution in [0.1, 0.15) is 23.6 Å². The van der Waals surface area contributed by atoms with Crippen LogP contribution in [0.4, 0.5) is 0 Å². The Hall–Kier alpha value is -2.87. The summed E-state index contributed by atoms with van der Waals surface area (Å²) in [4.78, 5) is 30.0. The Morgan fingerprint density at radius 3 is 2.55 bits per heavy atom. The van der Waals surface area contributed by atoms with Crippen LogP contribution in [0.3, 0.4) is 0 Å². The number of hydrogen-bond donors (Lipinski definition) is 1. The second kappa shape index (κ2) is 10.4. The van der Waals surface area contributed by atoms with E-state index in [1.165, 1.54) is 7.11 Å². The molecule has 0 aliphatic carbocycles. The van der Waals surface area contributed by atoms with Crippen molar-refractivity contribution in [2.75, 3.05) is 46.5 Å². The molecule has 2 fully saturated rings. The summed E-state index contributed by atoms with van der Waals surface area (Å²) in [6, 6.07) is 13.1. The normalized spacial score (nSPS) is 20.9. The average molecular weight is 471 g/mol. The van der Waals surface area contributed by atoms with E-state index >= 15 is 0 Å². The number of carbonyl (C=O) groups excluding carboxylic acids is 2. The molecule has 2 heterocycles. The molecule has 0 unspecified atom stereocenters. The SMILES string of the molecule is COc1cccc(C(O)=C2C(=O)C(=O)N(CCCN3CCOCC3)[C@@H]2c2ccc(Cl)cc2)c1. The van der Waals surface area contributed by atoms with Crippen LogP contribution in [-0.2, 0) is 14.3 Å². The van der Waals surface area contributed by atoms with Gasteiger partial charge in [-0.2, -0.15) is 0 Å². The monoisotopic (exact) mass is 470 g/mol. The molecule has 0 bridgehead atoms. The van der Waals surface area contributed by atoms with Crippen molar-refractivity contribution in [2.45, 2.75) is 12.5 Å². The smallest absolute Gasteiger partial charge is 0.295 e. The molecule has 0 radical (unpaired) electrons. The molecule has 174 valence electrons. The highest BCUT2D eigenvalue weighted by atomic mass is 35.5. The van der Waals surface area contributed by atoms with Crippen LogP contribution in [-0.4, -0.2) is 73.1 Å². The summed E-state index contributed by atoms with van der Waals surface area (Å²) >= 11 is 6.07. The van der Waals surface area contributed by atoms with Crippen LogP contribution in [0, 0.1) is 0 Å². The molecule has 2 aromatic rings. The van der Waals surface area contributed by atoms with Gasteiger partial charge in [0.25, 0.3) is 11.7 Å². The summed E-state index contributed by atoms with van der Waals surface area (Å²) in [7, 11) is 1.53. The highest BCUT2D eigenvalue weighted by molar-refractivity contribution is 6.46. The number of aliphatic hydroxyl groups is 1. The van der Waals surface area contributed by atoms with E-state index in [1.54, 1.807) is 53.4 Å². The van der Waals surface area contributed by atoms with Crippen molar-refractivity contribution in [1.29, 1.82) is 0 Å². The topological polar surface area (TPSA) is 79.3 Å². The largest absolute Gasteiger partial charge is 0.507 e. The number of ether oxygens (including phenoxy) is 2. The number of halogens is 1. The second-order valence-corrected chi connectivity index (χ2v) is 8.52. The van der Waals surface area contributed by atoms with Crippen LogP contribution in [0.2, 0.25) is 5.02 Å². The molecule has 0 saturated carbocycles. The van der Waals surface area contributed by atoms with E-state index < -0.39 is 17.7 Å². The molecule has 33 heavy (non-hydrogen) atoms. The van der Waals surface area contributed by atoms with E-state index in [9.17, 15) is 14.7 Å². The number of carbonyl (C=O) groups is 2. The van der Waals surface area contributed by atoms with E-state index in [1.807, 2.05) is 0 Å². The minimum absolute atomic E-state index is 0.0712. The fraction of sp³-hybridized carbons (Fsp3) is 0.360. The maximum atomic E-state index is 13.1. The number of aliphatic hydroxyl groups excluding tert-OH is 1. The lowest BCUT2D eigenvalue weighted by Gasteiger charge is -2.29. The van der Waals surface area contributed by atoms with Crippen LogP contribution in [0.25, 0.3) is 5.76 Å². The Morgan fingerprint density at radius 2 is 1.85 bits per heavy atom. The zero-order valence-corrected chi connectivity index (χ0v) is 19.3. The third-order valence-corrected chi connectivity index (χ3v) is 6.30. The lowest BCUT2D eigenvalue weighted by atomic mass is 9.95. The molecule has 0 aromatic heterocycles. The Morgan fingerprint density at radius 1 is 1.12 bits per heavy atom. The molecule has 1 amide bonds. The number of benzene rings is 2. The molecular weight excluding hydrogens is 444 g/mol. The van der Waals surface area contributed by atoms with E-state index in [4.69, 9.17) is 21.1 Å². The lowest BCUT2D eigenvalue weighted by Crippen LogP contribution is -2.38.